The Kier molecular flexibility index (Phi) is 5.75. The summed E-state index contributed by atoms with van der Waals surface area (Å²) < 4.78 is 42.0. The molecule has 2 amide bonds. The molecular formula is C28H19F2N5O4. The van der Waals surface area contributed by atoms with Gasteiger partial charge in [0, 0.05) is 29.9 Å². The number of hydrogen-bond donors (Lipinski definition) is 0. The normalized spacial score (nSPS) is 13.6. The van der Waals surface area contributed by atoms with E-state index >= 15 is 0 Å². The molecule has 194 valence electrons. The molecule has 0 unspecified atom stereocenters. The number of amides is 2. The van der Waals surface area contributed by atoms with Crippen LogP contribution in [-0.2, 0) is 0 Å². The molecule has 1 aliphatic rings. The number of halogens is 2. The molecule has 9 nitrogen and oxygen atoms in total. The second-order valence-electron chi connectivity index (χ2n) is 8.73. The molecule has 11 heteroatoms. The first kappa shape index (κ1) is 24.2. The molecule has 0 spiro atoms. The SMILES string of the molecule is COc1ccc(-n2cccn2)c([C@H](C)Oc2cc3cc(F)cc(F)c3nc2N2C(=O)c3ccccc3C2=O)n1. The third-order valence-electron chi connectivity index (χ3n) is 6.31. The van der Waals surface area contributed by atoms with Crippen LogP contribution in [0.25, 0.3) is 16.6 Å². The van der Waals surface area contributed by atoms with Gasteiger partial charge in [-0.3, -0.25) is 9.59 Å². The van der Waals surface area contributed by atoms with Crippen molar-refractivity contribution in [1.29, 1.82) is 0 Å². The van der Waals surface area contributed by atoms with E-state index in [-0.39, 0.29) is 33.6 Å². The topological polar surface area (TPSA) is 99.4 Å². The van der Waals surface area contributed by atoms with E-state index in [0.29, 0.717) is 23.3 Å². The first-order chi connectivity index (χ1) is 18.9. The molecule has 1 aliphatic heterocycles. The zero-order valence-corrected chi connectivity index (χ0v) is 20.6. The predicted octanol–water partition coefficient (Wildman–Crippen LogP) is 5.04. The van der Waals surface area contributed by atoms with Crippen LogP contribution < -0.4 is 14.4 Å². The van der Waals surface area contributed by atoms with Crippen LogP contribution in [0, 0.1) is 11.6 Å². The van der Waals surface area contributed by atoms with Gasteiger partial charge in [-0.15, -0.1) is 0 Å². The van der Waals surface area contributed by atoms with Crippen molar-refractivity contribution >= 4 is 28.5 Å². The van der Waals surface area contributed by atoms with E-state index in [1.54, 1.807) is 54.3 Å². The Morgan fingerprint density at radius 3 is 2.33 bits per heavy atom. The van der Waals surface area contributed by atoms with Crippen LogP contribution in [0.5, 0.6) is 11.6 Å². The Bertz CT molecular complexity index is 1740. The van der Waals surface area contributed by atoms with Crippen molar-refractivity contribution in [3.63, 3.8) is 0 Å². The highest BCUT2D eigenvalue weighted by molar-refractivity contribution is 6.34. The zero-order valence-electron chi connectivity index (χ0n) is 20.6. The highest BCUT2D eigenvalue weighted by atomic mass is 19.1. The number of hydrogen-bond acceptors (Lipinski definition) is 7. The molecule has 6 rings (SSSR count). The van der Waals surface area contributed by atoms with E-state index in [9.17, 15) is 18.4 Å². The number of carbonyl (C=O) groups is 2. The van der Waals surface area contributed by atoms with Crippen LogP contribution in [0.1, 0.15) is 39.4 Å². The van der Waals surface area contributed by atoms with E-state index in [4.69, 9.17) is 9.47 Å². The van der Waals surface area contributed by atoms with Crippen LogP contribution in [0.2, 0.25) is 0 Å². The number of ether oxygens (including phenoxy) is 2. The first-order valence-electron chi connectivity index (χ1n) is 11.8. The molecule has 0 aliphatic carbocycles. The number of aromatic nitrogens is 4. The fraction of sp³-hybridized carbons (Fsp3) is 0.107. The Hall–Kier alpha value is -5.19. The van der Waals surface area contributed by atoms with Gasteiger partial charge in [0.25, 0.3) is 11.8 Å². The fourth-order valence-corrected chi connectivity index (χ4v) is 4.52. The number of nitrogens with zero attached hydrogens (tertiary/aromatic N) is 5. The van der Waals surface area contributed by atoms with Gasteiger partial charge in [-0.05, 0) is 43.3 Å². The van der Waals surface area contributed by atoms with E-state index in [0.717, 1.165) is 11.0 Å². The summed E-state index contributed by atoms with van der Waals surface area (Å²) in [5.41, 5.74) is 1.13. The van der Waals surface area contributed by atoms with Gasteiger partial charge in [0.15, 0.2) is 17.4 Å². The van der Waals surface area contributed by atoms with E-state index in [1.807, 2.05) is 0 Å². The third-order valence-corrected chi connectivity index (χ3v) is 6.31. The minimum atomic E-state index is -0.946. The van der Waals surface area contributed by atoms with Crippen molar-refractivity contribution in [3.05, 3.63) is 102 Å². The summed E-state index contributed by atoms with van der Waals surface area (Å²) in [5, 5.41) is 4.35. The van der Waals surface area contributed by atoms with Crippen molar-refractivity contribution in [1.82, 2.24) is 19.7 Å². The number of methoxy groups -OCH3 is 1. The van der Waals surface area contributed by atoms with Crippen LogP contribution in [0.4, 0.5) is 14.6 Å². The smallest absolute Gasteiger partial charge is 0.267 e. The minimum absolute atomic E-state index is 0.0504. The second-order valence-corrected chi connectivity index (χ2v) is 8.73. The summed E-state index contributed by atoms with van der Waals surface area (Å²) in [7, 11) is 1.47. The Balaban J connectivity index is 1.50. The van der Waals surface area contributed by atoms with Gasteiger partial charge in [-0.1, -0.05) is 12.1 Å². The van der Waals surface area contributed by atoms with Gasteiger partial charge < -0.3 is 9.47 Å². The molecule has 3 aromatic heterocycles. The van der Waals surface area contributed by atoms with Crippen molar-refractivity contribution < 1.29 is 27.8 Å². The van der Waals surface area contributed by atoms with Crippen molar-refractivity contribution in [2.24, 2.45) is 0 Å². The largest absolute Gasteiger partial charge is 0.481 e. The molecule has 0 saturated carbocycles. The lowest BCUT2D eigenvalue weighted by atomic mass is 10.1. The number of fused-ring (bicyclic) bond motifs is 2. The van der Waals surface area contributed by atoms with Gasteiger partial charge in [-0.25, -0.2) is 28.3 Å². The summed E-state index contributed by atoms with van der Waals surface area (Å²) in [6.07, 6.45) is 2.52. The van der Waals surface area contributed by atoms with Gasteiger partial charge >= 0.3 is 0 Å². The van der Waals surface area contributed by atoms with Crippen molar-refractivity contribution in [2.45, 2.75) is 13.0 Å². The molecule has 2 aromatic carbocycles. The van der Waals surface area contributed by atoms with Crippen LogP contribution in [0.3, 0.4) is 0 Å². The molecule has 0 fully saturated rings. The average molecular weight is 527 g/mol. The maximum Gasteiger partial charge on any atom is 0.267 e. The molecule has 1 atom stereocenters. The first-order valence-corrected chi connectivity index (χ1v) is 11.8. The van der Waals surface area contributed by atoms with Gasteiger partial charge in [0.1, 0.15) is 23.1 Å². The highest BCUT2D eigenvalue weighted by Gasteiger charge is 2.39. The van der Waals surface area contributed by atoms with Crippen LogP contribution >= 0.6 is 0 Å². The minimum Gasteiger partial charge on any atom is -0.481 e. The zero-order chi connectivity index (χ0) is 27.3. The number of anilines is 1. The quantitative estimate of drug-likeness (QED) is 0.285. The number of benzene rings is 2. The summed E-state index contributed by atoms with van der Waals surface area (Å²) in [4.78, 5) is 36.3. The summed E-state index contributed by atoms with van der Waals surface area (Å²) >= 11 is 0. The lowest BCUT2D eigenvalue weighted by Gasteiger charge is -2.22. The second kappa shape index (κ2) is 9.28. The number of rotatable bonds is 6. The van der Waals surface area contributed by atoms with Gasteiger partial charge in [0.05, 0.1) is 23.9 Å². The molecule has 0 N–H and O–H groups in total. The molecule has 4 heterocycles. The van der Waals surface area contributed by atoms with Crippen molar-refractivity contribution in [3.8, 4) is 17.3 Å². The monoisotopic (exact) mass is 527 g/mol. The molecule has 0 bridgehead atoms. The standard InChI is InChI=1S/C28H19F2N5O4/c1-15(24-21(34-11-5-10-31-34)8-9-23(32-24)38-2)39-22-13-16-12-17(29)14-20(30)25(16)33-26(22)35-27(36)18-6-3-4-7-19(18)28(35)37/h3-15H,1-2H3/t15-/m0/s1. The predicted molar refractivity (Wildman–Crippen MR) is 136 cm³/mol. The Morgan fingerprint density at radius 1 is 0.923 bits per heavy atom. The molecular weight excluding hydrogens is 508 g/mol. The molecule has 39 heavy (non-hydrogen) atoms. The lowest BCUT2D eigenvalue weighted by molar-refractivity contribution is 0.0922. The van der Waals surface area contributed by atoms with Gasteiger partial charge in [0.2, 0.25) is 5.88 Å². The maximum absolute atomic E-state index is 14.8. The number of carbonyl (C=O) groups excluding carboxylic acids is 2. The molecule has 0 radical (unpaired) electrons. The lowest BCUT2D eigenvalue weighted by Crippen LogP contribution is -2.31. The maximum atomic E-state index is 14.8. The Morgan fingerprint density at radius 2 is 1.67 bits per heavy atom. The van der Waals surface area contributed by atoms with E-state index in [1.165, 1.54) is 25.3 Å². The van der Waals surface area contributed by atoms with Crippen LogP contribution in [-0.4, -0.2) is 38.7 Å². The molecule has 5 aromatic rings. The number of imide groups is 1. The fourth-order valence-electron chi connectivity index (χ4n) is 4.52. The third kappa shape index (κ3) is 4.04. The highest BCUT2D eigenvalue weighted by Crippen LogP contribution is 2.39. The Labute approximate surface area is 220 Å². The van der Waals surface area contributed by atoms with Crippen molar-refractivity contribution in [2.75, 3.05) is 12.0 Å². The summed E-state index contributed by atoms with van der Waals surface area (Å²) in [6, 6.07) is 14.6. The van der Waals surface area contributed by atoms with E-state index < -0.39 is 29.6 Å². The average Bonchev–Trinajstić information content (AvgIpc) is 3.55. The summed E-state index contributed by atoms with van der Waals surface area (Å²) in [6.45, 7) is 1.69. The van der Waals surface area contributed by atoms with Gasteiger partial charge in [-0.2, -0.15) is 5.10 Å². The molecule has 0 saturated heterocycles. The van der Waals surface area contributed by atoms with Crippen LogP contribution in [0.15, 0.2) is 73.1 Å². The summed E-state index contributed by atoms with van der Waals surface area (Å²) in [5.74, 6) is -3.00. The van der Waals surface area contributed by atoms with E-state index in [2.05, 4.69) is 15.1 Å². The number of pyridine rings is 2.